The van der Waals surface area contributed by atoms with Gasteiger partial charge in [-0.25, -0.2) is 4.39 Å². The van der Waals surface area contributed by atoms with Crippen LogP contribution in [0.15, 0.2) is 41.1 Å². The van der Waals surface area contributed by atoms with Crippen molar-refractivity contribution in [2.45, 2.75) is 6.54 Å². The van der Waals surface area contributed by atoms with E-state index in [0.29, 0.717) is 17.9 Å². The molecule has 0 atom stereocenters. The number of hydrogen-bond donors (Lipinski definition) is 1. The Morgan fingerprint density at radius 2 is 2.17 bits per heavy atom. The highest BCUT2D eigenvalue weighted by Crippen LogP contribution is 2.18. The zero-order chi connectivity index (χ0) is 13.0. The van der Waals surface area contributed by atoms with Crippen LogP contribution in [0.1, 0.15) is 5.56 Å². The van der Waals surface area contributed by atoms with E-state index in [0.717, 1.165) is 10.2 Å². The lowest BCUT2D eigenvalue weighted by atomic mass is 10.2. The maximum absolute atomic E-state index is 13.7. The summed E-state index contributed by atoms with van der Waals surface area (Å²) in [6, 6.07) is 6.69. The molecule has 0 saturated carbocycles. The highest BCUT2D eigenvalue weighted by molar-refractivity contribution is 9.10. The molecule has 94 valence electrons. The van der Waals surface area contributed by atoms with Crippen molar-refractivity contribution in [1.82, 2.24) is 4.98 Å². The molecule has 18 heavy (non-hydrogen) atoms. The van der Waals surface area contributed by atoms with Gasteiger partial charge in [-0.15, -0.1) is 0 Å². The number of aromatic nitrogens is 1. The van der Waals surface area contributed by atoms with Crippen molar-refractivity contribution in [3.8, 4) is 5.75 Å². The maximum atomic E-state index is 13.7. The topological polar surface area (TPSA) is 34.1 Å². The van der Waals surface area contributed by atoms with Crippen LogP contribution in [0.5, 0.6) is 5.75 Å². The highest BCUT2D eigenvalue weighted by atomic mass is 79.9. The Hall–Kier alpha value is -1.62. The van der Waals surface area contributed by atoms with Gasteiger partial charge in [-0.2, -0.15) is 0 Å². The lowest BCUT2D eigenvalue weighted by molar-refractivity contribution is 0.411. The lowest BCUT2D eigenvalue weighted by Gasteiger charge is -2.08. The summed E-state index contributed by atoms with van der Waals surface area (Å²) in [6.07, 6.45) is 3.38. The molecule has 0 fully saturated rings. The number of nitrogens with one attached hydrogen (secondary N) is 1. The van der Waals surface area contributed by atoms with E-state index in [4.69, 9.17) is 4.74 Å². The second-order valence-corrected chi connectivity index (χ2v) is 4.62. The van der Waals surface area contributed by atoms with Crippen LogP contribution >= 0.6 is 15.9 Å². The molecule has 2 rings (SSSR count). The summed E-state index contributed by atoms with van der Waals surface area (Å²) in [5, 5.41) is 3.11. The molecule has 1 heterocycles. The average Bonchev–Trinajstić information content (AvgIpc) is 2.37. The smallest absolute Gasteiger partial charge is 0.131 e. The summed E-state index contributed by atoms with van der Waals surface area (Å²) in [5.41, 5.74) is 1.41. The molecule has 0 saturated heterocycles. The largest absolute Gasteiger partial charge is 0.497 e. The van der Waals surface area contributed by atoms with Gasteiger partial charge in [0, 0.05) is 28.8 Å². The van der Waals surface area contributed by atoms with Crippen LogP contribution in [-0.2, 0) is 6.54 Å². The van der Waals surface area contributed by atoms with Crippen molar-refractivity contribution in [2.24, 2.45) is 0 Å². The molecule has 1 aromatic carbocycles. The summed E-state index contributed by atoms with van der Waals surface area (Å²) in [4.78, 5) is 4.02. The summed E-state index contributed by atoms with van der Waals surface area (Å²) >= 11 is 3.33. The molecule has 1 N–H and O–H groups in total. The normalized spacial score (nSPS) is 10.2. The molecule has 3 nitrogen and oxygen atoms in total. The van der Waals surface area contributed by atoms with Gasteiger partial charge < -0.3 is 10.1 Å². The van der Waals surface area contributed by atoms with Crippen molar-refractivity contribution in [3.63, 3.8) is 0 Å². The Labute approximate surface area is 113 Å². The van der Waals surface area contributed by atoms with Crippen LogP contribution in [-0.4, -0.2) is 12.1 Å². The lowest BCUT2D eigenvalue weighted by Crippen LogP contribution is -2.02. The molecule has 5 heteroatoms. The Bertz CT molecular complexity index is 548. The van der Waals surface area contributed by atoms with Crippen LogP contribution in [0.25, 0.3) is 0 Å². The van der Waals surface area contributed by atoms with Crippen molar-refractivity contribution in [1.29, 1.82) is 0 Å². The first-order valence-electron chi connectivity index (χ1n) is 5.36. The Balaban J connectivity index is 2.06. The van der Waals surface area contributed by atoms with E-state index in [-0.39, 0.29) is 5.82 Å². The number of anilines is 1. The third-order valence-electron chi connectivity index (χ3n) is 2.45. The minimum absolute atomic E-state index is 0.287. The molecule has 0 radical (unpaired) electrons. The number of pyridine rings is 1. The zero-order valence-corrected chi connectivity index (χ0v) is 11.4. The van der Waals surface area contributed by atoms with Gasteiger partial charge in [-0.1, -0.05) is 6.07 Å². The Morgan fingerprint density at radius 3 is 2.83 bits per heavy atom. The Morgan fingerprint density at radius 1 is 1.33 bits per heavy atom. The standard InChI is InChI=1S/C13H12BrFN2O/c1-18-12-3-2-9(13(15)5-12)6-17-11-4-10(14)7-16-8-11/h2-5,7-8,17H,6H2,1H3. The van der Waals surface area contributed by atoms with Gasteiger partial charge in [0.25, 0.3) is 0 Å². The van der Waals surface area contributed by atoms with Gasteiger partial charge in [0.15, 0.2) is 0 Å². The third kappa shape index (κ3) is 3.20. The SMILES string of the molecule is COc1ccc(CNc2cncc(Br)c2)c(F)c1. The predicted molar refractivity (Wildman–Crippen MR) is 72.2 cm³/mol. The maximum Gasteiger partial charge on any atom is 0.131 e. The number of hydrogen-bond acceptors (Lipinski definition) is 3. The molecule has 0 spiro atoms. The summed E-state index contributed by atoms with van der Waals surface area (Å²) in [7, 11) is 1.51. The number of nitrogens with zero attached hydrogens (tertiary/aromatic N) is 1. The predicted octanol–water partition coefficient (Wildman–Crippen LogP) is 3.60. The molecule has 0 bridgehead atoms. The fraction of sp³-hybridized carbons (Fsp3) is 0.154. The molecule has 0 aliphatic carbocycles. The highest BCUT2D eigenvalue weighted by Gasteiger charge is 2.04. The monoisotopic (exact) mass is 310 g/mol. The van der Waals surface area contributed by atoms with Gasteiger partial charge in [-0.05, 0) is 28.1 Å². The summed E-state index contributed by atoms with van der Waals surface area (Å²) < 4.78 is 19.5. The molecular formula is C13H12BrFN2O. The number of methoxy groups -OCH3 is 1. The zero-order valence-electron chi connectivity index (χ0n) is 9.78. The molecule has 2 aromatic rings. The van der Waals surface area contributed by atoms with Crippen LogP contribution in [0.3, 0.4) is 0 Å². The van der Waals surface area contributed by atoms with E-state index >= 15 is 0 Å². The summed E-state index contributed by atoms with van der Waals surface area (Å²) in [5.74, 6) is 0.227. The van der Waals surface area contributed by atoms with E-state index in [1.807, 2.05) is 6.07 Å². The molecule has 0 unspecified atom stereocenters. The molecule has 1 aromatic heterocycles. The number of rotatable bonds is 4. The van der Waals surface area contributed by atoms with E-state index < -0.39 is 0 Å². The minimum atomic E-state index is -0.287. The van der Waals surface area contributed by atoms with E-state index in [2.05, 4.69) is 26.2 Å². The molecule has 0 aliphatic heterocycles. The van der Waals surface area contributed by atoms with Crippen molar-refractivity contribution in [2.75, 3.05) is 12.4 Å². The van der Waals surface area contributed by atoms with Gasteiger partial charge in [0.05, 0.1) is 19.0 Å². The van der Waals surface area contributed by atoms with Crippen LogP contribution < -0.4 is 10.1 Å². The third-order valence-corrected chi connectivity index (χ3v) is 2.88. The van der Waals surface area contributed by atoms with Crippen molar-refractivity contribution >= 4 is 21.6 Å². The van der Waals surface area contributed by atoms with Crippen LogP contribution in [0, 0.1) is 5.82 Å². The first-order chi connectivity index (χ1) is 8.69. The van der Waals surface area contributed by atoms with Crippen LogP contribution in [0.2, 0.25) is 0 Å². The minimum Gasteiger partial charge on any atom is -0.497 e. The fourth-order valence-corrected chi connectivity index (χ4v) is 1.87. The van der Waals surface area contributed by atoms with Gasteiger partial charge in [-0.3, -0.25) is 4.98 Å². The average molecular weight is 311 g/mol. The van der Waals surface area contributed by atoms with Gasteiger partial charge in [0.2, 0.25) is 0 Å². The van der Waals surface area contributed by atoms with Gasteiger partial charge in [0.1, 0.15) is 11.6 Å². The Kier molecular flexibility index (Phi) is 4.15. The first-order valence-corrected chi connectivity index (χ1v) is 6.15. The quantitative estimate of drug-likeness (QED) is 0.937. The molecule has 0 amide bonds. The van der Waals surface area contributed by atoms with Gasteiger partial charge >= 0.3 is 0 Å². The number of ether oxygens (including phenoxy) is 1. The number of benzene rings is 1. The van der Waals surface area contributed by atoms with Crippen molar-refractivity contribution < 1.29 is 9.13 Å². The van der Waals surface area contributed by atoms with E-state index in [1.54, 1.807) is 24.5 Å². The molecular weight excluding hydrogens is 299 g/mol. The molecule has 0 aliphatic rings. The van der Waals surface area contributed by atoms with E-state index in [1.165, 1.54) is 13.2 Å². The summed E-state index contributed by atoms with van der Waals surface area (Å²) in [6.45, 7) is 0.397. The van der Waals surface area contributed by atoms with E-state index in [9.17, 15) is 4.39 Å². The fourth-order valence-electron chi connectivity index (χ4n) is 1.50. The van der Waals surface area contributed by atoms with Crippen LogP contribution in [0.4, 0.5) is 10.1 Å². The van der Waals surface area contributed by atoms with Crippen molar-refractivity contribution in [3.05, 3.63) is 52.5 Å². The second kappa shape index (κ2) is 5.82. The number of halogens is 2. The second-order valence-electron chi connectivity index (χ2n) is 3.70. The first kappa shape index (κ1) is 12.8.